The van der Waals surface area contributed by atoms with Gasteiger partial charge in [-0.3, -0.25) is 13.6 Å². The van der Waals surface area contributed by atoms with Crippen molar-refractivity contribution in [2.24, 2.45) is 0 Å². The van der Waals surface area contributed by atoms with Gasteiger partial charge in [0.1, 0.15) is 35.6 Å². The molecule has 5 rings (SSSR count). The van der Waals surface area contributed by atoms with Crippen LogP contribution in [0.4, 0.5) is 5.82 Å². The van der Waals surface area contributed by atoms with Gasteiger partial charge < -0.3 is 25.3 Å². The molecule has 0 spiro atoms. The topological polar surface area (TPSA) is 151 Å². The number of anilines is 1. The maximum atomic E-state index is 13.1. The smallest absolute Gasteiger partial charge is 0.387 e. The number of benzene rings is 1. The summed E-state index contributed by atoms with van der Waals surface area (Å²) in [5.74, 6) is 0.279. The molecule has 4 N–H and O–H groups in total. The predicted molar refractivity (Wildman–Crippen MR) is 122 cm³/mol. The van der Waals surface area contributed by atoms with Crippen molar-refractivity contribution in [1.29, 1.82) is 0 Å². The van der Waals surface area contributed by atoms with E-state index in [0.717, 1.165) is 5.56 Å². The number of ether oxygens (including phenoxy) is 1. The minimum absolute atomic E-state index is 0.162. The maximum absolute atomic E-state index is 13.1. The molecule has 0 aliphatic carbocycles. The molecule has 2 aromatic heterocycles. The van der Waals surface area contributed by atoms with Gasteiger partial charge in [-0.1, -0.05) is 23.7 Å². The SMILES string of the molecule is C[C@@]1(O)[C@H](O)[C@@H](COP2(=O)OCC[C@H](c3ccc(Cl)cc3)O2)O[C@H]1n1ccc2c(N)ncnc21. The van der Waals surface area contributed by atoms with Crippen LogP contribution >= 0.6 is 19.4 Å². The van der Waals surface area contributed by atoms with Gasteiger partial charge in [-0.25, -0.2) is 14.5 Å². The first-order valence-corrected chi connectivity index (χ1v) is 12.5. The number of phosphoric acid groups is 1. The molecule has 2 aliphatic rings. The van der Waals surface area contributed by atoms with Gasteiger partial charge in [-0.2, -0.15) is 0 Å². The highest BCUT2D eigenvalue weighted by Crippen LogP contribution is 2.57. The highest BCUT2D eigenvalue weighted by atomic mass is 35.5. The molecule has 6 atom stereocenters. The molecule has 13 heteroatoms. The molecular formula is C21H24ClN4O7P. The highest BCUT2D eigenvalue weighted by molar-refractivity contribution is 7.48. The lowest BCUT2D eigenvalue weighted by atomic mass is 9.96. The van der Waals surface area contributed by atoms with E-state index in [-0.39, 0.29) is 19.0 Å². The summed E-state index contributed by atoms with van der Waals surface area (Å²) in [5, 5.41) is 23.0. The van der Waals surface area contributed by atoms with E-state index >= 15 is 0 Å². The summed E-state index contributed by atoms with van der Waals surface area (Å²) in [5.41, 5.74) is 5.40. The molecule has 3 aromatic rings. The van der Waals surface area contributed by atoms with Crippen LogP contribution in [0.25, 0.3) is 11.0 Å². The Labute approximate surface area is 200 Å². The largest absolute Gasteiger partial charge is 0.475 e. The molecule has 2 fully saturated rings. The van der Waals surface area contributed by atoms with Gasteiger partial charge in [0.2, 0.25) is 0 Å². The zero-order chi connectivity index (χ0) is 24.1. The van der Waals surface area contributed by atoms with Gasteiger partial charge in [-0.05, 0) is 30.7 Å². The summed E-state index contributed by atoms with van der Waals surface area (Å²) >= 11 is 5.94. The fourth-order valence-corrected chi connectivity index (χ4v) is 5.72. The average Bonchev–Trinajstić information content (AvgIpc) is 3.33. The Morgan fingerprint density at radius 2 is 2.09 bits per heavy atom. The van der Waals surface area contributed by atoms with Gasteiger partial charge in [0.25, 0.3) is 0 Å². The Balaban J connectivity index is 1.30. The van der Waals surface area contributed by atoms with E-state index in [1.807, 2.05) is 0 Å². The third-order valence-corrected chi connectivity index (χ3v) is 7.80. The number of rotatable bonds is 5. The maximum Gasteiger partial charge on any atom is 0.475 e. The third-order valence-electron chi connectivity index (χ3n) is 6.07. The molecule has 2 aliphatic heterocycles. The van der Waals surface area contributed by atoms with Crippen molar-refractivity contribution in [1.82, 2.24) is 14.5 Å². The molecule has 1 aromatic carbocycles. The van der Waals surface area contributed by atoms with E-state index < -0.39 is 38.0 Å². The third kappa shape index (κ3) is 4.23. The van der Waals surface area contributed by atoms with Crippen LogP contribution in [0.1, 0.15) is 31.2 Å². The predicted octanol–water partition coefficient (Wildman–Crippen LogP) is 2.98. The van der Waals surface area contributed by atoms with Crippen LogP contribution in [-0.4, -0.2) is 55.8 Å². The molecule has 34 heavy (non-hydrogen) atoms. The van der Waals surface area contributed by atoms with Crippen molar-refractivity contribution in [2.45, 2.75) is 43.5 Å². The fourth-order valence-electron chi connectivity index (χ4n) is 4.21. The molecular weight excluding hydrogens is 487 g/mol. The highest BCUT2D eigenvalue weighted by Gasteiger charge is 2.54. The van der Waals surface area contributed by atoms with Crippen molar-refractivity contribution >= 4 is 36.3 Å². The van der Waals surface area contributed by atoms with Crippen LogP contribution in [0.5, 0.6) is 0 Å². The van der Waals surface area contributed by atoms with E-state index in [2.05, 4.69) is 9.97 Å². The summed E-state index contributed by atoms with van der Waals surface area (Å²) in [6.07, 6.45) is -0.479. The standard InChI is InChI=1S/C21H24ClN4O7P/c1-21(28)17(27)16(32-20(21)26-8-6-14-18(23)24-11-25-19(14)26)10-31-34(29)30-9-7-15(33-34)12-2-4-13(22)5-3-12/h2-6,8,11,15-17,20,27-28H,7,9-10H2,1H3,(H2,23,24,25)/t15-,16-,17-,20-,21-,34?/m1/s1. The van der Waals surface area contributed by atoms with E-state index in [0.29, 0.717) is 22.5 Å². The Morgan fingerprint density at radius 1 is 1.32 bits per heavy atom. The number of aliphatic hydroxyl groups excluding tert-OH is 1. The van der Waals surface area contributed by atoms with Gasteiger partial charge in [0.05, 0.1) is 24.7 Å². The van der Waals surface area contributed by atoms with Crippen LogP contribution in [-0.2, 0) is 22.9 Å². The zero-order valence-corrected chi connectivity index (χ0v) is 19.8. The summed E-state index contributed by atoms with van der Waals surface area (Å²) in [6.45, 7) is 1.26. The second-order valence-corrected chi connectivity index (χ2v) is 10.5. The van der Waals surface area contributed by atoms with Crippen LogP contribution in [0, 0.1) is 0 Å². The second-order valence-electron chi connectivity index (χ2n) is 8.43. The first-order valence-electron chi connectivity index (χ1n) is 10.6. The molecule has 0 saturated carbocycles. The molecule has 0 amide bonds. The quantitative estimate of drug-likeness (QED) is 0.437. The molecule has 182 valence electrons. The lowest BCUT2D eigenvalue weighted by Gasteiger charge is -2.30. The molecule has 1 unspecified atom stereocenters. The summed E-state index contributed by atoms with van der Waals surface area (Å²) in [4.78, 5) is 8.16. The van der Waals surface area contributed by atoms with E-state index in [1.54, 1.807) is 41.1 Å². The van der Waals surface area contributed by atoms with Gasteiger partial charge in [0.15, 0.2) is 6.23 Å². The van der Waals surface area contributed by atoms with Crippen LogP contribution in [0.3, 0.4) is 0 Å². The van der Waals surface area contributed by atoms with Crippen LogP contribution < -0.4 is 5.73 Å². The Morgan fingerprint density at radius 3 is 2.85 bits per heavy atom. The lowest BCUT2D eigenvalue weighted by molar-refractivity contribution is -0.0950. The number of aromatic nitrogens is 3. The number of nitrogen functional groups attached to an aromatic ring is 1. The Hall–Kier alpha value is -2.08. The van der Waals surface area contributed by atoms with E-state index in [9.17, 15) is 14.8 Å². The Kier molecular flexibility index (Phi) is 6.16. The lowest BCUT2D eigenvalue weighted by Crippen LogP contribution is -2.44. The minimum atomic E-state index is -3.94. The van der Waals surface area contributed by atoms with Crippen molar-refractivity contribution in [2.75, 3.05) is 18.9 Å². The Bertz CT molecular complexity index is 1240. The first kappa shape index (κ1) is 23.7. The number of aliphatic hydroxyl groups is 2. The van der Waals surface area contributed by atoms with Gasteiger partial charge in [-0.15, -0.1) is 0 Å². The molecule has 2 saturated heterocycles. The number of halogens is 1. The minimum Gasteiger partial charge on any atom is -0.387 e. The van der Waals surface area contributed by atoms with Crippen molar-refractivity contribution in [3.63, 3.8) is 0 Å². The monoisotopic (exact) mass is 510 g/mol. The molecule has 0 radical (unpaired) electrons. The number of nitrogens with zero attached hydrogens (tertiary/aromatic N) is 3. The molecule has 0 bridgehead atoms. The van der Waals surface area contributed by atoms with Gasteiger partial charge >= 0.3 is 7.82 Å². The average molecular weight is 511 g/mol. The van der Waals surface area contributed by atoms with Gasteiger partial charge in [0, 0.05) is 17.6 Å². The van der Waals surface area contributed by atoms with Crippen LogP contribution in [0.2, 0.25) is 5.02 Å². The molecule has 4 heterocycles. The number of fused-ring (bicyclic) bond motifs is 1. The summed E-state index contributed by atoms with van der Waals surface area (Å²) in [6, 6.07) is 8.70. The summed E-state index contributed by atoms with van der Waals surface area (Å²) < 4.78 is 37.0. The summed E-state index contributed by atoms with van der Waals surface area (Å²) in [7, 11) is -3.94. The number of nitrogens with two attached hydrogens (primary N) is 1. The second kappa shape index (κ2) is 8.85. The van der Waals surface area contributed by atoms with E-state index in [1.165, 1.54) is 13.3 Å². The van der Waals surface area contributed by atoms with Crippen LogP contribution in [0.15, 0.2) is 42.9 Å². The number of phosphoric ester groups is 1. The van der Waals surface area contributed by atoms with Crippen molar-refractivity contribution in [3.8, 4) is 0 Å². The fraction of sp³-hybridized carbons (Fsp3) is 0.429. The number of hydrogen-bond acceptors (Lipinski definition) is 10. The number of hydrogen-bond donors (Lipinski definition) is 3. The van der Waals surface area contributed by atoms with Crippen molar-refractivity contribution < 1.29 is 33.1 Å². The van der Waals surface area contributed by atoms with Crippen molar-refractivity contribution in [3.05, 3.63) is 53.4 Å². The first-order chi connectivity index (χ1) is 16.2. The molecule has 11 nitrogen and oxygen atoms in total. The van der Waals surface area contributed by atoms with E-state index in [4.69, 9.17) is 35.6 Å². The zero-order valence-electron chi connectivity index (χ0n) is 18.2. The normalized spacial score (nSPS) is 34.0.